The molecule has 0 heterocycles. The van der Waals surface area contributed by atoms with E-state index in [-0.39, 0.29) is 58.0 Å². The van der Waals surface area contributed by atoms with Crippen molar-refractivity contribution in [2.45, 2.75) is 12.5 Å². The Balaban J connectivity index is -0.000000176. The maximum absolute atomic E-state index is 12.6. The minimum absolute atomic E-state index is 0. The van der Waals surface area contributed by atoms with E-state index in [0.717, 1.165) is 5.56 Å². The van der Waals surface area contributed by atoms with Crippen molar-refractivity contribution < 1.29 is 117 Å². The molecule has 0 saturated carbocycles. The summed E-state index contributed by atoms with van der Waals surface area (Å²) in [5, 5.41) is 0. The molecule has 0 amide bonds. The molecule has 0 aliphatic rings. The molecule has 0 bridgehead atoms. The molecule has 0 unspecified atom stereocenters. The molecule has 1 aromatic carbocycles. The summed E-state index contributed by atoms with van der Waals surface area (Å²) in [7, 11) is -18.0. The SMILES string of the molecule is F[B-](F)(F)F.F[B-](F)(F)F.F[B-](F)(F)F.[CH-]=CC(F)(F)COCc1ccccc1.[K+]. The van der Waals surface area contributed by atoms with E-state index in [0.29, 0.717) is 6.08 Å². The predicted octanol–water partition coefficient (Wildman–Crippen LogP) is 3.73. The fourth-order valence-corrected chi connectivity index (χ4v) is 0.927. The molecule has 0 aliphatic heterocycles. The van der Waals surface area contributed by atoms with E-state index in [1.807, 2.05) is 30.3 Å². The van der Waals surface area contributed by atoms with E-state index >= 15 is 0 Å². The first-order valence-electron chi connectivity index (χ1n) is 6.81. The van der Waals surface area contributed by atoms with E-state index in [4.69, 9.17) is 11.3 Å². The maximum atomic E-state index is 12.6. The number of benzene rings is 1. The van der Waals surface area contributed by atoms with Crippen LogP contribution in [0.15, 0.2) is 36.4 Å². The summed E-state index contributed by atoms with van der Waals surface area (Å²) in [5.74, 6) is -3.05. The molecule has 0 atom stereocenters. The van der Waals surface area contributed by atoms with Gasteiger partial charge in [-0.2, -0.15) is 0 Å². The topological polar surface area (TPSA) is 9.23 Å². The quantitative estimate of drug-likeness (QED) is 0.343. The third-order valence-corrected chi connectivity index (χ3v) is 1.65. The fraction of sp³-hybridized carbons (Fsp3) is 0.273. The molecule has 0 N–H and O–H groups in total. The molecule has 0 radical (unpaired) electrons. The maximum Gasteiger partial charge on any atom is 1.00 e. The van der Waals surface area contributed by atoms with Gasteiger partial charge in [0.25, 0.3) is 5.92 Å². The normalized spacial score (nSPS) is 11.3. The number of halogens is 14. The molecule has 0 aromatic heterocycles. The van der Waals surface area contributed by atoms with Crippen LogP contribution in [0.3, 0.4) is 0 Å². The molecule has 1 rings (SSSR count). The van der Waals surface area contributed by atoms with E-state index in [1.54, 1.807) is 0 Å². The standard InChI is InChI=1S/C11H11F2O.3BF4.K/c1-2-11(12,13)9-14-8-10-6-4-3-5-7-10;3*2-1(3,4)5;/h1-7H,8-9H2;;;;/q4*-1;+1. The average Bonchev–Trinajstić information content (AvgIpc) is 2.43. The second-order valence-electron chi connectivity index (χ2n) is 4.39. The average molecular weight is 497 g/mol. The second-order valence-corrected chi connectivity index (χ2v) is 4.39. The number of ether oxygens (including phenoxy) is 1. The minimum Gasteiger partial charge on any atom is -0.512 e. The molecule has 0 spiro atoms. The van der Waals surface area contributed by atoms with E-state index < -0.39 is 34.3 Å². The van der Waals surface area contributed by atoms with Gasteiger partial charge in [-0.3, -0.25) is 0 Å². The molecule has 0 fully saturated rings. The van der Waals surface area contributed by atoms with Gasteiger partial charge in [-0.05, 0) is 5.56 Å². The molecule has 1 nitrogen and oxygen atoms in total. The predicted molar refractivity (Wildman–Crippen MR) is 80.5 cm³/mol. The Kier molecular flexibility index (Phi) is 21.4. The van der Waals surface area contributed by atoms with Gasteiger partial charge in [-0.1, -0.05) is 30.3 Å². The van der Waals surface area contributed by atoms with Gasteiger partial charge < -0.3 is 63.1 Å². The van der Waals surface area contributed by atoms with Crippen molar-refractivity contribution in [1.82, 2.24) is 0 Å². The number of hydrogen-bond donors (Lipinski definition) is 0. The molecule has 0 saturated heterocycles. The Labute approximate surface area is 205 Å². The number of alkyl halides is 2. The van der Waals surface area contributed by atoms with Crippen LogP contribution in [0.5, 0.6) is 0 Å². The molecule has 1 aromatic rings. The van der Waals surface area contributed by atoms with Crippen molar-refractivity contribution in [2.24, 2.45) is 0 Å². The Morgan fingerprint density at radius 1 is 0.733 bits per heavy atom. The van der Waals surface area contributed by atoms with Crippen LogP contribution in [0.25, 0.3) is 0 Å². The van der Waals surface area contributed by atoms with Crippen molar-refractivity contribution in [1.29, 1.82) is 0 Å². The summed E-state index contributed by atoms with van der Waals surface area (Å²) in [5.41, 5.74) is 0.861. The third-order valence-electron chi connectivity index (χ3n) is 1.65. The largest absolute Gasteiger partial charge is 1.00 e. The van der Waals surface area contributed by atoms with Gasteiger partial charge >= 0.3 is 73.1 Å². The van der Waals surface area contributed by atoms with Crippen LogP contribution in [0, 0.1) is 6.58 Å². The van der Waals surface area contributed by atoms with Crippen molar-refractivity contribution in [3.05, 3.63) is 48.6 Å². The zero-order valence-electron chi connectivity index (χ0n) is 14.9. The van der Waals surface area contributed by atoms with E-state index in [1.165, 1.54) is 0 Å². The smallest absolute Gasteiger partial charge is 0.512 e. The Bertz CT molecular complexity index is 488. The van der Waals surface area contributed by atoms with Gasteiger partial charge in [0, 0.05) is 0 Å². The summed E-state index contributed by atoms with van der Waals surface area (Å²) in [6.45, 7) is 4.22. The Morgan fingerprint density at radius 2 is 1.03 bits per heavy atom. The van der Waals surface area contributed by atoms with Crippen molar-refractivity contribution in [3.63, 3.8) is 0 Å². The Morgan fingerprint density at radius 3 is 1.30 bits per heavy atom. The van der Waals surface area contributed by atoms with Crippen LogP contribution in [0.1, 0.15) is 5.56 Å². The summed E-state index contributed by atoms with van der Waals surface area (Å²) >= 11 is 0. The van der Waals surface area contributed by atoms with Crippen LogP contribution < -0.4 is 51.4 Å². The first-order valence-corrected chi connectivity index (χ1v) is 6.81. The summed E-state index contributed by atoms with van der Waals surface area (Å²) in [6.07, 6.45) is 0.345. The molecule has 19 heteroatoms. The molecule has 0 aliphatic carbocycles. The monoisotopic (exact) mass is 497 g/mol. The van der Waals surface area contributed by atoms with E-state index in [2.05, 4.69) is 0 Å². The van der Waals surface area contributed by atoms with Crippen molar-refractivity contribution in [3.8, 4) is 0 Å². The van der Waals surface area contributed by atoms with Gasteiger partial charge in [-0.15, -0.1) is 0 Å². The van der Waals surface area contributed by atoms with Crippen LogP contribution in [-0.2, 0) is 11.3 Å². The fourth-order valence-electron chi connectivity index (χ4n) is 0.927. The third kappa shape index (κ3) is 63.0. The molecular weight excluding hydrogens is 486 g/mol. The van der Waals surface area contributed by atoms with Crippen molar-refractivity contribution >= 4 is 21.8 Å². The van der Waals surface area contributed by atoms with Crippen LogP contribution in [-0.4, -0.2) is 34.3 Å². The summed E-state index contributed by atoms with van der Waals surface area (Å²) < 4.78 is 147. The summed E-state index contributed by atoms with van der Waals surface area (Å²) in [6, 6.07) is 9.12. The van der Waals surface area contributed by atoms with Crippen LogP contribution >= 0.6 is 0 Å². The molecular formula is C11H11B3F14KO-3. The van der Waals surface area contributed by atoms with Crippen molar-refractivity contribution in [2.75, 3.05) is 6.61 Å². The minimum atomic E-state index is -6.00. The van der Waals surface area contributed by atoms with E-state index in [9.17, 15) is 60.6 Å². The Hall–Kier alpha value is -0.229. The first-order chi connectivity index (χ1) is 12.6. The second kappa shape index (κ2) is 17.3. The zero-order valence-corrected chi connectivity index (χ0v) is 18.0. The van der Waals surface area contributed by atoms with Crippen LogP contribution in [0.2, 0.25) is 0 Å². The number of rotatable bonds is 5. The van der Waals surface area contributed by atoms with Gasteiger partial charge in [-0.25, -0.2) is 14.9 Å². The molecule has 30 heavy (non-hydrogen) atoms. The van der Waals surface area contributed by atoms with Crippen LogP contribution in [0.4, 0.5) is 60.6 Å². The van der Waals surface area contributed by atoms with Gasteiger partial charge in [0.15, 0.2) is 0 Å². The van der Waals surface area contributed by atoms with Gasteiger partial charge in [0.05, 0.1) is 6.61 Å². The van der Waals surface area contributed by atoms with Gasteiger partial charge in [0.1, 0.15) is 6.61 Å². The van der Waals surface area contributed by atoms with Gasteiger partial charge in [0.2, 0.25) is 0 Å². The first kappa shape index (κ1) is 37.1. The molecule has 172 valence electrons. The number of hydrogen-bond acceptors (Lipinski definition) is 1. The zero-order chi connectivity index (χ0) is 23.9. The summed E-state index contributed by atoms with van der Waals surface area (Å²) in [4.78, 5) is 0.